The summed E-state index contributed by atoms with van der Waals surface area (Å²) in [5.74, 6) is 3.02. The van der Waals surface area contributed by atoms with Crippen LogP contribution < -0.4 is 4.74 Å². The van der Waals surface area contributed by atoms with Gasteiger partial charge in [-0.25, -0.2) is 4.98 Å². The topological polar surface area (TPSA) is 52.3 Å². The van der Waals surface area contributed by atoms with Gasteiger partial charge in [0.05, 0.1) is 12.3 Å². The third kappa shape index (κ3) is 4.48. The molecule has 4 rings (SSSR count). The molecule has 3 aromatic rings. The third-order valence-corrected chi connectivity index (χ3v) is 5.96. The Morgan fingerprint density at radius 3 is 2.73 bits per heavy atom. The molecule has 0 amide bonds. The van der Waals surface area contributed by atoms with Crippen molar-refractivity contribution in [3.63, 3.8) is 0 Å². The van der Waals surface area contributed by atoms with E-state index in [2.05, 4.69) is 48.3 Å². The van der Waals surface area contributed by atoms with Crippen LogP contribution in [-0.4, -0.2) is 17.4 Å². The summed E-state index contributed by atoms with van der Waals surface area (Å²) in [6.45, 7) is 6.33. The number of nitrogens with zero attached hydrogens (tertiary/aromatic N) is 1. The molecule has 1 aliphatic rings. The van der Waals surface area contributed by atoms with Gasteiger partial charge in [-0.15, -0.1) is 0 Å². The zero-order valence-corrected chi connectivity index (χ0v) is 18.0. The van der Waals surface area contributed by atoms with Crippen molar-refractivity contribution >= 4 is 5.78 Å². The summed E-state index contributed by atoms with van der Waals surface area (Å²) in [5, 5.41) is 0. The molecule has 4 nitrogen and oxygen atoms in total. The van der Waals surface area contributed by atoms with Gasteiger partial charge in [0.1, 0.15) is 17.3 Å². The molecule has 2 aromatic carbocycles. The molecule has 0 fully saturated rings. The molecule has 0 unspecified atom stereocenters. The predicted molar refractivity (Wildman–Crippen MR) is 118 cm³/mol. The standard InChI is InChI=1S/C26H29NO3/c1-4-19-5-7-20(8-6-19)26-27-25(18(3)30-26)13-14-29-23-11-12-24-21(15-17(2)28)9-10-22(24)16-23/h5-8,11-12,16,21H,4,9-10,13-15H2,1-3H3/t21-/m0/s1. The van der Waals surface area contributed by atoms with E-state index in [9.17, 15) is 4.79 Å². The van der Waals surface area contributed by atoms with Crippen LogP contribution >= 0.6 is 0 Å². The molecule has 0 spiro atoms. The number of hydrogen-bond acceptors (Lipinski definition) is 4. The van der Waals surface area contributed by atoms with E-state index < -0.39 is 0 Å². The van der Waals surface area contributed by atoms with Crippen LogP contribution in [0.3, 0.4) is 0 Å². The molecular formula is C26H29NO3. The Kier molecular flexibility index (Phi) is 6.03. The number of benzene rings is 2. The summed E-state index contributed by atoms with van der Waals surface area (Å²) in [5.41, 5.74) is 5.86. The Balaban J connectivity index is 1.37. The molecule has 1 aliphatic carbocycles. The number of aryl methyl sites for hydroxylation is 3. The fourth-order valence-electron chi connectivity index (χ4n) is 4.26. The lowest BCUT2D eigenvalue weighted by atomic mass is 9.96. The second-order valence-electron chi connectivity index (χ2n) is 8.17. The number of hydrogen-bond donors (Lipinski definition) is 0. The quantitative estimate of drug-likeness (QED) is 0.474. The lowest BCUT2D eigenvalue weighted by Crippen LogP contribution is -2.04. The molecule has 4 heteroatoms. The SMILES string of the molecule is CCc1ccc(-c2nc(CCOc3ccc4c(c3)CC[C@H]4CC(C)=O)c(C)o2)cc1. The van der Waals surface area contributed by atoms with Crippen molar-refractivity contribution in [1.82, 2.24) is 4.98 Å². The number of carbonyl (C=O) groups excluding carboxylic acids is 1. The van der Waals surface area contributed by atoms with Gasteiger partial charge in [-0.2, -0.15) is 0 Å². The molecule has 1 heterocycles. The monoisotopic (exact) mass is 403 g/mol. The average Bonchev–Trinajstić information content (AvgIpc) is 3.31. The van der Waals surface area contributed by atoms with Gasteiger partial charge in [0.15, 0.2) is 0 Å². The fraction of sp³-hybridized carbons (Fsp3) is 0.385. The number of ketones is 1. The molecule has 0 N–H and O–H groups in total. The minimum atomic E-state index is 0.261. The predicted octanol–water partition coefficient (Wildman–Crippen LogP) is 5.84. The normalized spacial score (nSPS) is 15.2. The fourth-order valence-corrected chi connectivity index (χ4v) is 4.26. The maximum Gasteiger partial charge on any atom is 0.226 e. The molecule has 0 saturated carbocycles. The Morgan fingerprint density at radius 1 is 1.20 bits per heavy atom. The third-order valence-electron chi connectivity index (χ3n) is 5.96. The van der Waals surface area contributed by atoms with E-state index in [-0.39, 0.29) is 5.78 Å². The molecule has 0 saturated heterocycles. The lowest BCUT2D eigenvalue weighted by molar-refractivity contribution is -0.117. The highest BCUT2D eigenvalue weighted by Gasteiger charge is 2.24. The van der Waals surface area contributed by atoms with Crippen LogP contribution in [0.2, 0.25) is 0 Å². The second kappa shape index (κ2) is 8.86. The Hall–Kier alpha value is -2.88. The molecule has 0 bridgehead atoms. The number of oxazole rings is 1. The van der Waals surface area contributed by atoms with Crippen molar-refractivity contribution < 1.29 is 13.9 Å². The van der Waals surface area contributed by atoms with Crippen LogP contribution in [0.4, 0.5) is 0 Å². The summed E-state index contributed by atoms with van der Waals surface area (Å²) < 4.78 is 11.9. The van der Waals surface area contributed by atoms with Gasteiger partial charge < -0.3 is 13.9 Å². The first-order valence-corrected chi connectivity index (χ1v) is 10.8. The Labute approximate surface area is 178 Å². The molecule has 1 atom stereocenters. The van der Waals surface area contributed by atoms with E-state index in [1.807, 2.05) is 13.0 Å². The van der Waals surface area contributed by atoms with Crippen molar-refractivity contribution in [3.05, 3.63) is 70.6 Å². The summed E-state index contributed by atoms with van der Waals surface area (Å²) in [4.78, 5) is 16.1. The Morgan fingerprint density at radius 2 is 2.00 bits per heavy atom. The van der Waals surface area contributed by atoms with Gasteiger partial charge in [0, 0.05) is 18.4 Å². The minimum Gasteiger partial charge on any atom is -0.493 e. The van der Waals surface area contributed by atoms with Gasteiger partial charge >= 0.3 is 0 Å². The minimum absolute atomic E-state index is 0.261. The number of ether oxygens (including phenoxy) is 1. The number of aromatic nitrogens is 1. The summed E-state index contributed by atoms with van der Waals surface area (Å²) >= 11 is 0. The first-order valence-electron chi connectivity index (χ1n) is 10.8. The first kappa shape index (κ1) is 20.4. The summed E-state index contributed by atoms with van der Waals surface area (Å²) in [6.07, 6.45) is 4.44. The maximum absolute atomic E-state index is 11.5. The van der Waals surface area contributed by atoms with Crippen LogP contribution in [0, 0.1) is 6.92 Å². The van der Waals surface area contributed by atoms with Crippen molar-refractivity contribution in [2.24, 2.45) is 0 Å². The van der Waals surface area contributed by atoms with E-state index in [0.29, 0.717) is 31.3 Å². The number of carbonyl (C=O) groups is 1. The van der Waals surface area contributed by atoms with Crippen LogP contribution in [0.1, 0.15) is 60.8 Å². The van der Waals surface area contributed by atoms with Crippen molar-refractivity contribution in [1.29, 1.82) is 0 Å². The van der Waals surface area contributed by atoms with E-state index >= 15 is 0 Å². The van der Waals surface area contributed by atoms with Gasteiger partial charge in [0.25, 0.3) is 0 Å². The smallest absolute Gasteiger partial charge is 0.226 e. The van der Waals surface area contributed by atoms with Crippen LogP contribution in [0.15, 0.2) is 46.9 Å². The maximum atomic E-state index is 11.5. The average molecular weight is 404 g/mol. The highest BCUT2D eigenvalue weighted by molar-refractivity contribution is 5.76. The van der Waals surface area contributed by atoms with Crippen molar-refractivity contribution in [2.75, 3.05) is 6.61 Å². The van der Waals surface area contributed by atoms with E-state index in [1.54, 1.807) is 6.92 Å². The lowest BCUT2D eigenvalue weighted by Gasteiger charge is -2.11. The largest absolute Gasteiger partial charge is 0.493 e. The number of fused-ring (bicyclic) bond motifs is 1. The van der Waals surface area contributed by atoms with Gasteiger partial charge in [-0.1, -0.05) is 25.1 Å². The van der Waals surface area contributed by atoms with Crippen molar-refractivity contribution in [3.8, 4) is 17.2 Å². The molecule has 156 valence electrons. The van der Waals surface area contributed by atoms with E-state index in [0.717, 1.165) is 42.0 Å². The second-order valence-corrected chi connectivity index (χ2v) is 8.17. The van der Waals surface area contributed by atoms with Gasteiger partial charge in [-0.05, 0) is 80.0 Å². The van der Waals surface area contributed by atoms with Crippen LogP contribution in [-0.2, 0) is 24.1 Å². The zero-order valence-electron chi connectivity index (χ0n) is 18.0. The van der Waals surface area contributed by atoms with Crippen LogP contribution in [0.25, 0.3) is 11.5 Å². The van der Waals surface area contributed by atoms with Crippen molar-refractivity contribution in [2.45, 2.75) is 58.8 Å². The molecule has 30 heavy (non-hydrogen) atoms. The van der Waals surface area contributed by atoms with Gasteiger partial charge in [-0.3, -0.25) is 0 Å². The highest BCUT2D eigenvalue weighted by atomic mass is 16.5. The molecule has 1 aromatic heterocycles. The van der Waals surface area contributed by atoms with Crippen LogP contribution in [0.5, 0.6) is 5.75 Å². The highest BCUT2D eigenvalue weighted by Crippen LogP contribution is 2.37. The number of rotatable bonds is 8. The summed E-state index contributed by atoms with van der Waals surface area (Å²) in [6, 6.07) is 14.6. The molecule has 0 radical (unpaired) electrons. The Bertz CT molecular complexity index is 1030. The number of Topliss-reactive ketones (excluding diaryl/α,β-unsaturated/α-hetero) is 1. The summed E-state index contributed by atoms with van der Waals surface area (Å²) in [7, 11) is 0. The molecule has 0 aliphatic heterocycles. The first-order chi connectivity index (χ1) is 14.5. The molecular weight excluding hydrogens is 374 g/mol. The van der Waals surface area contributed by atoms with E-state index in [4.69, 9.17) is 9.15 Å². The van der Waals surface area contributed by atoms with E-state index in [1.165, 1.54) is 16.7 Å². The zero-order chi connectivity index (χ0) is 21.1. The van der Waals surface area contributed by atoms with Gasteiger partial charge in [0.2, 0.25) is 5.89 Å².